The van der Waals surface area contributed by atoms with Crippen molar-refractivity contribution in [3.05, 3.63) is 22.4 Å². The minimum atomic E-state index is -4.58. The van der Waals surface area contributed by atoms with Gasteiger partial charge in [-0.3, -0.25) is 9.59 Å². The lowest BCUT2D eigenvalue weighted by Gasteiger charge is -2.22. The Labute approximate surface area is 116 Å². The van der Waals surface area contributed by atoms with Crippen LogP contribution in [0.25, 0.3) is 0 Å². The second-order valence-electron chi connectivity index (χ2n) is 4.23. The Hall–Kier alpha value is -1.61. The minimum absolute atomic E-state index is 0.286. The predicted molar refractivity (Wildman–Crippen MR) is 66.0 cm³/mol. The van der Waals surface area contributed by atoms with Crippen LogP contribution in [-0.2, 0) is 15.2 Å². The Balaban J connectivity index is 2.45. The molecule has 112 valence electrons. The topological polar surface area (TPSA) is 78.4 Å². The molecule has 3 N–H and O–H groups in total. The molecule has 1 heterocycles. The minimum Gasteiger partial charge on any atom is -0.383 e. The maximum absolute atomic E-state index is 11.9. The number of carbonyl (C=O) groups is 2. The van der Waals surface area contributed by atoms with Gasteiger partial charge < -0.3 is 15.7 Å². The molecule has 1 rings (SSSR count). The summed E-state index contributed by atoms with van der Waals surface area (Å²) in [5.74, 6) is -2.63. The molecule has 1 aromatic rings. The van der Waals surface area contributed by atoms with E-state index >= 15 is 0 Å². The normalized spacial score (nSPS) is 14.4. The molecule has 0 bridgehead atoms. The van der Waals surface area contributed by atoms with Crippen molar-refractivity contribution in [2.45, 2.75) is 18.7 Å². The van der Waals surface area contributed by atoms with E-state index in [9.17, 15) is 27.9 Å². The summed E-state index contributed by atoms with van der Waals surface area (Å²) in [6.07, 6.45) is -4.58. The molecule has 2 amide bonds. The fraction of sp³-hybridized carbons (Fsp3) is 0.455. The lowest BCUT2D eigenvalue weighted by molar-refractivity contribution is -0.146. The second-order valence-corrected chi connectivity index (χ2v) is 5.18. The summed E-state index contributed by atoms with van der Waals surface area (Å²) < 4.78 is 35.6. The van der Waals surface area contributed by atoms with E-state index in [0.717, 1.165) is 0 Å². The highest BCUT2D eigenvalue weighted by molar-refractivity contribution is 7.10. The van der Waals surface area contributed by atoms with Crippen LogP contribution in [0, 0.1) is 0 Å². The summed E-state index contributed by atoms with van der Waals surface area (Å²) in [4.78, 5) is 22.9. The molecule has 20 heavy (non-hydrogen) atoms. The first-order valence-electron chi connectivity index (χ1n) is 5.51. The third-order valence-corrected chi connectivity index (χ3v) is 3.42. The van der Waals surface area contributed by atoms with Crippen molar-refractivity contribution in [2.75, 3.05) is 13.1 Å². The lowest BCUT2D eigenvalue weighted by atomic mass is 10.1. The third-order valence-electron chi connectivity index (χ3n) is 2.30. The molecule has 0 aromatic carbocycles. The van der Waals surface area contributed by atoms with Crippen LogP contribution in [0.5, 0.6) is 0 Å². The van der Waals surface area contributed by atoms with Gasteiger partial charge in [0.05, 0.1) is 6.54 Å². The Morgan fingerprint density at radius 1 is 1.25 bits per heavy atom. The Morgan fingerprint density at radius 2 is 1.80 bits per heavy atom. The van der Waals surface area contributed by atoms with E-state index in [-0.39, 0.29) is 6.54 Å². The smallest absolute Gasteiger partial charge is 0.383 e. The number of amides is 2. The molecule has 0 aliphatic carbocycles. The molecule has 0 saturated heterocycles. The summed E-state index contributed by atoms with van der Waals surface area (Å²) in [6.45, 7) is -0.445. The first-order valence-corrected chi connectivity index (χ1v) is 6.39. The summed E-state index contributed by atoms with van der Waals surface area (Å²) in [7, 11) is 0. The third kappa shape index (κ3) is 5.17. The Kier molecular flexibility index (Phi) is 5.12. The van der Waals surface area contributed by atoms with Gasteiger partial charge in [-0.15, -0.1) is 11.3 Å². The molecule has 5 nitrogen and oxygen atoms in total. The van der Waals surface area contributed by atoms with Gasteiger partial charge >= 0.3 is 18.0 Å². The van der Waals surface area contributed by atoms with Crippen molar-refractivity contribution < 1.29 is 27.9 Å². The molecule has 9 heteroatoms. The number of carbonyl (C=O) groups excluding carboxylic acids is 2. The summed E-state index contributed by atoms with van der Waals surface area (Å²) >= 11 is 1.25. The highest BCUT2D eigenvalue weighted by Gasteiger charge is 2.30. The number of hydrogen-bond donors (Lipinski definition) is 3. The van der Waals surface area contributed by atoms with Gasteiger partial charge in [0.15, 0.2) is 0 Å². The first kappa shape index (κ1) is 16.4. The van der Waals surface area contributed by atoms with Gasteiger partial charge in [0.1, 0.15) is 12.1 Å². The predicted octanol–water partition coefficient (Wildman–Crippen LogP) is 0.750. The zero-order valence-corrected chi connectivity index (χ0v) is 11.3. The number of rotatable bonds is 4. The number of nitrogens with one attached hydrogen (secondary N) is 2. The van der Waals surface area contributed by atoms with Gasteiger partial charge in [-0.1, -0.05) is 6.07 Å². The second kappa shape index (κ2) is 6.23. The van der Waals surface area contributed by atoms with E-state index < -0.39 is 30.1 Å². The van der Waals surface area contributed by atoms with E-state index in [0.29, 0.717) is 4.88 Å². The van der Waals surface area contributed by atoms with E-state index in [1.807, 2.05) is 0 Å². The number of halogens is 3. The lowest BCUT2D eigenvalue weighted by Crippen LogP contribution is -2.47. The zero-order chi connectivity index (χ0) is 15.4. The molecule has 0 aliphatic rings. The van der Waals surface area contributed by atoms with Crippen LogP contribution in [0.4, 0.5) is 13.2 Å². The standard InChI is InChI=1S/C11H13F3N2O3S/c1-10(19,7-3-2-4-20-7)5-15-8(17)9(18)16-6-11(12,13)14/h2-4,19H,5-6H2,1H3,(H,15,17)(H,16,18)/t10-/m1/s1. The van der Waals surface area contributed by atoms with Crippen molar-refractivity contribution in [1.29, 1.82) is 0 Å². The van der Waals surface area contributed by atoms with Gasteiger partial charge in [0.25, 0.3) is 0 Å². The molecule has 0 saturated carbocycles. The number of hydrogen-bond acceptors (Lipinski definition) is 4. The highest BCUT2D eigenvalue weighted by Crippen LogP contribution is 2.24. The quantitative estimate of drug-likeness (QED) is 0.718. The van der Waals surface area contributed by atoms with Crippen LogP contribution in [0.1, 0.15) is 11.8 Å². The fourth-order valence-corrected chi connectivity index (χ4v) is 2.05. The van der Waals surface area contributed by atoms with E-state index in [2.05, 4.69) is 5.32 Å². The molecule has 0 unspecified atom stereocenters. The van der Waals surface area contributed by atoms with Crippen molar-refractivity contribution in [3.63, 3.8) is 0 Å². The van der Waals surface area contributed by atoms with E-state index in [1.165, 1.54) is 23.6 Å². The van der Waals surface area contributed by atoms with Gasteiger partial charge in [0, 0.05) is 4.88 Å². The van der Waals surface area contributed by atoms with Crippen LogP contribution in [0.2, 0.25) is 0 Å². The van der Waals surface area contributed by atoms with Gasteiger partial charge in [-0.25, -0.2) is 0 Å². The largest absolute Gasteiger partial charge is 0.405 e. The maximum atomic E-state index is 11.9. The number of alkyl halides is 3. The fourth-order valence-electron chi connectivity index (χ4n) is 1.27. The van der Waals surface area contributed by atoms with Gasteiger partial charge in [-0.2, -0.15) is 13.2 Å². The molecule has 1 atom stereocenters. The van der Waals surface area contributed by atoms with Gasteiger partial charge in [-0.05, 0) is 18.4 Å². The SMILES string of the molecule is C[C@@](O)(CNC(=O)C(=O)NCC(F)(F)F)c1cccs1. The zero-order valence-electron chi connectivity index (χ0n) is 10.5. The maximum Gasteiger partial charge on any atom is 0.405 e. The van der Waals surface area contributed by atoms with Crippen molar-refractivity contribution in [2.24, 2.45) is 0 Å². The molecule has 0 radical (unpaired) electrons. The summed E-state index contributed by atoms with van der Waals surface area (Å²) in [5.41, 5.74) is -1.39. The van der Waals surface area contributed by atoms with E-state index in [4.69, 9.17) is 0 Å². The monoisotopic (exact) mass is 310 g/mol. The molecular weight excluding hydrogens is 297 g/mol. The number of thiophene rings is 1. The Bertz CT molecular complexity index is 472. The van der Waals surface area contributed by atoms with E-state index in [1.54, 1.807) is 17.5 Å². The molecule has 0 aliphatic heterocycles. The average Bonchev–Trinajstić information content (AvgIpc) is 2.86. The number of aliphatic hydroxyl groups is 1. The van der Waals surface area contributed by atoms with Crippen LogP contribution < -0.4 is 10.6 Å². The van der Waals surface area contributed by atoms with Crippen molar-refractivity contribution in [3.8, 4) is 0 Å². The molecule has 0 fully saturated rings. The van der Waals surface area contributed by atoms with Gasteiger partial charge in [0.2, 0.25) is 0 Å². The Morgan fingerprint density at radius 3 is 2.25 bits per heavy atom. The van der Waals surface area contributed by atoms with Crippen LogP contribution in [-0.4, -0.2) is 36.2 Å². The molecular formula is C11H13F3N2O3S. The summed E-state index contributed by atoms with van der Waals surface area (Å²) in [6, 6.07) is 3.34. The molecule has 0 spiro atoms. The first-order chi connectivity index (χ1) is 9.12. The van der Waals surface area contributed by atoms with Crippen molar-refractivity contribution >= 4 is 23.2 Å². The summed E-state index contributed by atoms with van der Waals surface area (Å²) in [5, 5.41) is 15.3. The van der Waals surface area contributed by atoms with Crippen molar-refractivity contribution in [1.82, 2.24) is 10.6 Å². The average molecular weight is 310 g/mol. The van der Waals surface area contributed by atoms with Crippen LogP contribution >= 0.6 is 11.3 Å². The highest BCUT2D eigenvalue weighted by atomic mass is 32.1. The van der Waals surface area contributed by atoms with Crippen LogP contribution in [0.3, 0.4) is 0 Å². The van der Waals surface area contributed by atoms with Crippen LogP contribution in [0.15, 0.2) is 17.5 Å². The molecule has 1 aromatic heterocycles.